The summed E-state index contributed by atoms with van der Waals surface area (Å²) in [5.41, 5.74) is 0.601. The summed E-state index contributed by atoms with van der Waals surface area (Å²) in [5.74, 6) is -0.209. The number of piperidine rings is 1. The van der Waals surface area contributed by atoms with Crippen molar-refractivity contribution in [2.45, 2.75) is 31.8 Å². The molecule has 2 rings (SSSR count). The molecule has 110 valence electrons. The summed E-state index contributed by atoms with van der Waals surface area (Å²) in [6.07, 6.45) is 3.92. The van der Waals surface area contributed by atoms with Gasteiger partial charge in [-0.3, -0.25) is 4.79 Å². The van der Waals surface area contributed by atoms with Crippen molar-refractivity contribution in [3.05, 3.63) is 35.6 Å². The van der Waals surface area contributed by atoms with E-state index in [2.05, 4.69) is 4.90 Å². The standard InChI is InChI=1S/C16H22FNO2/c1-20-15-8-11-18(12-9-15)10-2-3-16(19)13-4-6-14(17)7-5-13/h4-7,15H,2-3,8-12H2,1H3. The van der Waals surface area contributed by atoms with Crippen LogP contribution in [0.2, 0.25) is 0 Å². The van der Waals surface area contributed by atoms with E-state index in [1.165, 1.54) is 12.1 Å². The molecule has 4 heteroatoms. The number of carbonyl (C=O) groups is 1. The zero-order valence-corrected chi connectivity index (χ0v) is 12.0. The molecule has 1 fully saturated rings. The molecular formula is C16H22FNO2. The van der Waals surface area contributed by atoms with Gasteiger partial charge >= 0.3 is 0 Å². The average Bonchev–Trinajstić information content (AvgIpc) is 2.48. The van der Waals surface area contributed by atoms with E-state index < -0.39 is 0 Å². The molecule has 0 unspecified atom stereocenters. The van der Waals surface area contributed by atoms with Crippen molar-refractivity contribution < 1.29 is 13.9 Å². The molecule has 1 aliphatic heterocycles. The number of hydrogen-bond donors (Lipinski definition) is 0. The molecule has 3 nitrogen and oxygen atoms in total. The second-order valence-corrected chi connectivity index (χ2v) is 5.31. The Hall–Kier alpha value is -1.26. The van der Waals surface area contributed by atoms with E-state index in [0.717, 1.165) is 38.9 Å². The van der Waals surface area contributed by atoms with Crippen LogP contribution in [0.15, 0.2) is 24.3 Å². The number of hydrogen-bond acceptors (Lipinski definition) is 3. The minimum Gasteiger partial charge on any atom is -0.381 e. The van der Waals surface area contributed by atoms with Crippen LogP contribution in [0.25, 0.3) is 0 Å². The minimum atomic E-state index is -0.303. The maximum Gasteiger partial charge on any atom is 0.162 e. The lowest BCUT2D eigenvalue weighted by molar-refractivity contribution is 0.0406. The predicted molar refractivity (Wildman–Crippen MR) is 76.4 cm³/mol. The lowest BCUT2D eigenvalue weighted by atomic mass is 10.0. The molecule has 1 aromatic carbocycles. The Balaban J connectivity index is 1.68. The summed E-state index contributed by atoms with van der Waals surface area (Å²) in [6, 6.07) is 5.79. The van der Waals surface area contributed by atoms with Crippen molar-refractivity contribution in [1.82, 2.24) is 4.90 Å². The van der Waals surface area contributed by atoms with E-state index in [-0.39, 0.29) is 11.6 Å². The highest BCUT2D eigenvalue weighted by molar-refractivity contribution is 5.95. The van der Waals surface area contributed by atoms with Crippen LogP contribution in [0.4, 0.5) is 4.39 Å². The van der Waals surface area contributed by atoms with Gasteiger partial charge in [0, 0.05) is 32.2 Å². The molecule has 1 aromatic rings. The van der Waals surface area contributed by atoms with Gasteiger partial charge in [-0.25, -0.2) is 4.39 Å². The van der Waals surface area contributed by atoms with Gasteiger partial charge in [0.15, 0.2) is 5.78 Å². The smallest absolute Gasteiger partial charge is 0.162 e. The molecule has 0 atom stereocenters. The van der Waals surface area contributed by atoms with Gasteiger partial charge in [0.1, 0.15) is 5.82 Å². The van der Waals surface area contributed by atoms with Gasteiger partial charge in [-0.05, 0) is 50.1 Å². The maximum absolute atomic E-state index is 12.8. The zero-order valence-electron chi connectivity index (χ0n) is 12.0. The highest BCUT2D eigenvalue weighted by Gasteiger charge is 2.18. The Morgan fingerprint density at radius 1 is 1.30 bits per heavy atom. The number of ketones is 1. The lowest BCUT2D eigenvalue weighted by Gasteiger charge is -2.31. The third-order valence-electron chi connectivity index (χ3n) is 3.91. The summed E-state index contributed by atoms with van der Waals surface area (Å²) in [6.45, 7) is 3.04. The predicted octanol–water partition coefficient (Wildman–Crippen LogP) is 2.90. The molecule has 20 heavy (non-hydrogen) atoms. The molecule has 0 amide bonds. The molecule has 0 spiro atoms. The number of carbonyl (C=O) groups excluding carboxylic acids is 1. The highest BCUT2D eigenvalue weighted by atomic mass is 19.1. The summed E-state index contributed by atoms with van der Waals surface area (Å²) >= 11 is 0. The Kier molecular flexibility index (Phi) is 5.68. The van der Waals surface area contributed by atoms with Gasteiger partial charge in [0.25, 0.3) is 0 Å². The molecule has 0 aliphatic carbocycles. The maximum atomic E-state index is 12.8. The van der Waals surface area contributed by atoms with E-state index in [0.29, 0.717) is 18.1 Å². The van der Waals surface area contributed by atoms with E-state index in [1.807, 2.05) is 0 Å². The van der Waals surface area contributed by atoms with Crippen molar-refractivity contribution in [3.63, 3.8) is 0 Å². The van der Waals surface area contributed by atoms with Crippen LogP contribution in [0.3, 0.4) is 0 Å². The topological polar surface area (TPSA) is 29.5 Å². The van der Waals surface area contributed by atoms with Crippen molar-refractivity contribution in [1.29, 1.82) is 0 Å². The van der Waals surface area contributed by atoms with Gasteiger partial charge in [-0.2, -0.15) is 0 Å². The van der Waals surface area contributed by atoms with Gasteiger partial charge in [-0.15, -0.1) is 0 Å². The van der Waals surface area contributed by atoms with Crippen LogP contribution in [0.5, 0.6) is 0 Å². The fraction of sp³-hybridized carbons (Fsp3) is 0.562. The number of nitrogens with zero attached hydrogens (tertiary/aromatic N) is 1. The number of benzene rings is 1. The van der Waals surface area contributed by atoms with E-state index >= 15 is 0 Å². The Bertz CT molecular complexity index is 425. The third kappa shape index (κ3) is 4.39. The first-order chi connectivity index (χ1) is 9.69. The summed E-state index contributed by atoms with van der Waals surface area (Å²) < 4.78 is 18.1. The molecule has 0 bridgehead atoms. The van der Waals surface area contributed by atoms with Gasteiger partial charge in [0.2, 0.25) is 0 Å². The number of likely N-dealkylation sites (tertiary alicyclic amines) is 1. The van der Waals surface area contributed by atoms with Crippen LogP contribution in [-0.2, 0) is 4.74 Å². The molecule has 0 radical (unpaired) electrons. The van der Waals surface area contributed by atoms with Crippen molar-refractivity contribution in [2.24, 2.45) is 0 Å². The lowest BCUT2D eigenvalue weighted by Crippen LogP contribution is -2.37. The average molecular weight is 279 g/mol. The quantitative estimate of drug-likeness (QED) is 0.750. The van der Waals surface area contributed by atoms with Crippen LogP contribution < -0.4 is 0 Å². The second kappa shape index (κ2) is 7.50. The third-order valence-corrected chi connectivity index (χ3v) is 3.91. The highest BCUT2D eigenvalue weighted by Crippen LogP contribution is 2.14. The van der Waals surface area contributed by atoms with Gasteiger partial charge < -0.3 is 9.64 Å². The normalized spacial score (nSPS) is 17.3. The van der Waals surface area contributed by atoms with Crippen molar-refractivity contribution in [2.75, 3.05) is 26.7 Å². The number of rotatable bonds is 6. The molecule has 1 aliphatic rings. The van der Waals surface area contributed by atoms with Crippen LogP contribution in [0.1, 0.15) is 36.0 Å². The number of methoxy groups -OCH3 is 1. The zero-order chi connectivity index (χ0) is 14.4. The molecule has 0 N–H and O–H groups in total. The number of halogens is 1. The Morgan fingerprint density at radius 3 is 2.55 bits per heavy atom. The van der Waals surface area contributed by atoms with E-state index in [1.54, 1.807) is 19.2 Å². The monoisotopic (exact) mass is 279 g/mol. The summed E-state index contributed by atoms with van der Waals surface area (Å²) in [4.78, 5) is 14.3. The van der Waals surface area contributed by atoms with Crippen molar-refractivity contribution in [3.8, 4) is 0 Å². The number of Topliss-reactive ketones (excluding diaryl/α,β-unsaturated/α-hetero) is 1. The Morgan fingerprint density at radius 2 is 1.95 bits per heavy atom. The first-order valence-electron chi connectivity index (χ1n) is 7.23. The minimum absolute atomic E-state index is 0.0942. The fourth-order valence-corrected chi connectivity index (χ4v) is 2.61. The fourth-order valence-electron chi connectivity index (χ4n) is 2.61. The molecule has 0 saturated carbocycles. The van der Waals surface area contributed by atoms with Crippen molar-refractivity contribution >= 4 is 5.78 Å². The molecule has 1 heterocycles. The SMILES string of the molecule is COC1CCN(CCCC(=O)c2ccc(F)cc2)CC1. The first kappa shape index (κ1) is 15.1. The second-order valence-electron chi connectivity index (χ2n) is 5.31. The molecule has 0 aromatic heterocycles. The van der Waals surface area contributed by atoms with Gasteiger partial charge in [-0.1, -0.05) is 0 Å². The molecule has 1 saturated heterocycles. The van der Waals surface area contributed by atoms with Gasteiger partial charge in [0.05, 0.1) is 6.10 Å². The van der Waals surface area contributed by atoms with Crippen LogP contribution >= 0.6 is 0 Å². The van der Waals surface area contributed by atoms with Crippen LogP contribution in [-0.4, -0.2) is 43.5 Å². The Labute approximate surface area is 119 Å². The van der Waals surface area contributed by atoms with E-state index in [4.69, 9.17) is 4.74 Å². The summed E-state index contributed by atoms with van der Waals surface area (Å²) in [5, 5.41) is 0. The van der Waals surface area contributed by atoms with E-state index in [9.17, 15) is 9.18 Å². The largest absolute Gasteiger partial charge is 0.381 e. The van der Waals surface area contributed by atoms with Crippen LogP contribution in [0, 0.1) is 5.82 Å². The molecular weight excluding hydrogens is 257 g/mol. The number of ether oxygens (including phenoxy) is 1. The summed E-state index contributed by atoms with van der Waals surface area (Å²) in [7, 11) is 1.77. The first-order valence-corrected chi connectivity index (χ1v) is 7.23.